The number of phenols is 1. The summed E-state index contributed by atoms with van der Waals surface area (Å²) < 4.78 is 18.3. The van der Waals surface area contributed by atoms with Gasteiger partial charge in [-0.3, -0.25) is 4.21 Å². The van der Waals surface area contributed by atoms with E-state index in [0.29, 0.717) is 17.4 Å². The SMILES string of the molecule is CCCCCCC(C)(C)c1cc(O)c2c(c1)OC(C)(C)[C@H]1CC=C(CS(C)=O)C[C@H]21. The summed E-state index contributed by atoms with van der Waals surface area (Å²) in [5, 5.41) is 11.1. The van der Waals surface area contributed by atoms with E-state index in [2.05, 4.69) is 46.8 Å². The number of allylic oxidation sites excluding steroid dienone is 1. The second kappa shape index (κ2) is 9.06. The second-order valence-electron chi connectivity index (χ2n) is 10.5. The fourth-order valence-corrected chi connectivity index (χ4v) is 6.13. The summed E-state index contributed by atoms with van der Waals surface area (Å²) in [4.78, 5) is 0. The summed E-state index contributed by atoms with van der Waals surface area (Å²) >= 11 is 0. The fraction of sp³-hybridized carbons (Fsp3) is 0.692. The number of aromatic hydroxyl groups is 1. The monoisotopic (exact) mass is 432 g/mol. The zero-order chi connectivity index (χ0) is 22.1. The molecule has 1 aliphatic heterocycles. The van der Waals surface area contributed by atoms with Gasteiger partial charge in [0.25, 0.3) is 0 Å². The summed E-state index contributed by atoms with van der Waals surface area (Å²) in [7, 11) is -0.840. The Bertz CT molecular complexity index is 822. The Balaban J connectivity index is 1.92. The molecule has 0 aromatic heterocycles. The first kappa shape index (κ1) is 23.4. The third-order valence-electron chi connectivity index (χ3n) is 7.21. The first-order chi connectivity index (χ1) is 14.0. The fourth-order valence-electron chi connectivity index (χ4n) is 5.37. The Morgan fingerprint density at radius 1 is 1.23 bits per heavy atom. The Hall–Kier alpha value is -1.29. The van der Waals surface area contributed by atoms with Crippen molar-refractivity contribution < 1.29 is 14.1 Å². The lowest BCUT2D eigenvalue weighted by Gasteiger charge is -2.47. The Kier molecular flexibility index (Phi) is 7.06. The molecule has 3 rings (SSSR count). The topological polar surface area (TPSA) is 46.5 Å². The van der Waals surface area contributed by atoms with Crippen LogP contribution < -0.4 is 4.74 Å². The predicted molar refractivity (Wildman–Crippen MR) is 127 cm³/mol. The van der Waals surface area contributed by atoms with Crippen LogP contribution in [-0.4, -0.2) is 26.9 Å². The molecule has 1 aromatic rings. The van der Waals surface area contributed by atoms with Crippen molar-refractivity contribution in [2.24, 2.45) is 5.92 Å². The highest BCUT2D eigenvalue weighted by Gasteiger charge is 2.46. The quantitative estimate of drug-likeness (QED) is 0.371. The van der Waals surface area contributed by atoms with Crippen LogP contribution >= 0.6 is 0 Å². The van der Waals surface area contributed by atoms with Crippen molar-refractivity contribution in [2.45, 2.75) is 96.5 Å². The van der Waals surface area contributed by atoms with Gasteiger partial charge >= 0.3 is 0 Å². The minimum atomic E-state index is -0.840. The van der Waals surface area contributed by atoms with E-state index in [1.807, 2.05) is 6.07 Å². The van der Waals surface area contributed by atoms with Crippen molar-refractivity contribution in [3.8, 4) is 11.5 Å². The summed E-state index contributed by atoms with van der Waals surface area (Å²) in [5.74, 6) is 2.38. The molecule has 4 heteroatoms. The van der Waals surface area contributed by atoms with Gasteiger partial charge in [-0.15, -0.1) is 0 Å². The molecule has 0 amide bonds. The van der Waals surface area contributed by atoms with Gasteiger partial charge in [-0.25, -0.2) is 0 Å². The van der Waals surface area contributed by atoms with Gasteiger partial charge in [-0.05, 0) is 56.2 Å². The van der Waals surface area contributed by atoms with Crippen molar-refractivity contribution in [3.63, 3.8) is 0 Å². The third kappa shape index (κ3) is 4.95. The van der Waals surface area contributed by atoms with E-state index in [-0.39, 0.29) is 16.9 Å². The van der Waals surface area contributed by atoms with E-state index in [4.69, 9.17) is 4.74 Å². The maximum atomic E-state index is 11.8. The van der Waals surface area contributed by atoms with Gasteiger partial charge in [-0.1, -0.05) is 58.1 Å². The van der Waals surface area contributed by atoms with Crippen molar-refractivity contribution >= 4 is 10.8 Å². The Morgan fingerprint density at radius 3 is 2.63 bits per heavy atom. The molecular weight excluding hydrogens is 392 g/mol. The van der Waals surface area contributed by atoms with Crippen LogP contribution in [0.25, 0.3) is 0 Å². The summed E-state index contributed by atoms with van der Waals surface area (Å²) in [5.41, 5.74) is 3.08. The molecule has 3 atom stereocenters. The number of phenolic OH excluding ortho intramolecular Hbond substituents is 1. The summed E-state index contributed by atoms with van der Waals surface area (Å²) in [6, 6.07) is 4.16. The van der Waals surface area contributed by atoms with Gasteiger partial charge in [0, 0.05) is 40.2 Å². The molecule has 168 valence electrons. The van der Waals surface area contributed by atoms with Crippen LogP contribution in [0, 0.1) is 5.92 Å². The van der Waals surface area contributed by atoms with Gasteiger partial charge < -0.3 is 9.84 Å². The number of fused-ring (bicyclic) bond motifs is 3. The number of benzene rings is 1. The average molecular weight is 433 g/mol. The molecule has 2 aliphatic rings. The van der Waals surface area contributed by atoms with Crippen LogP contribution in [0.3, 0.4) is 0 Å². The van der Waals surface area contributed by atoms with Crippen LogP contribution in [0.1, 0.15) is 96.6 Å². The highest BCUT2D eigenvalue weighted by molar-refractivity contribution is 7.84. The molecule has 0 radical (unpaired) electrons. The van der Waals surface area contributed by atoms with Crippen molar-refractivity contribution in [2.75, 3.05) is 12.0 Å². The maximum Gasteiger partial charge on any atom is 0.127 e. The van der Waals surface area contributed by atoms with E-state index in [0.717, 1.165) is 36.1 Å². The first-order valence-corrected chi connectivity index (χ1v) is 13.3. The van der Waals surface area contributed by atoms with Gasteiger partial charge in [0.1, 0.15) is 17.1 Å². The van der Waals surface area contributed by atoms with Crippen molar-refractivity contribution in [1.82, 2.24) is 0 Å². The van der Waals surface area contributed by atoms with E-state index in [9.17, 15) is 9.32 Å². The van der Waals surface area contributed by atoms with Gasteiger partial charge in [0.15, 0.2) is 0 Å². The lowest BCUT2D eigenvalue weighted by atomic mass is 9.66. The lowest BCUT2D eigenvalue weighted by molar-refractivity contribution is 0.00745. The zero-order valence-corrected chi connectivity index (χ0v) is 20.5. The number of unbranched alkanes of at least 4 members (excludes halogenated alkanes) is 3. The second-order valence-corrected chi connectivity index (χ2v) is 12.0. The maximum absolute atomic E-state index is 11.8. The number of ether oxygens (including phenoxy) is 1. The Morgan fingerprint density at radius 2 is 1.97 bits per heavy atom. The van der Waals surface area contributed by atoms with E-state index < -0.39 is 10.8 Å². The smallest absolute Gasteiger partial charge is 0.127 e. The molecule has 3 nitrogen and oxygen atoms in total. The summed E-state index contributed by atoms with van der Waals surface area (Å²) in [6.07, 6.45) is 11.9. The molecule has 0 spiro atoms. The van der Waals surface area contributed by atoms with E-state index in [1.165, 1.54) is 31.3 Å². The third-order valence-corrected chi connectivity index (χ3v) is 7.99. The van der Waals surface area contributed by atoms with Crippen LogP contribution in [-0.2, 0) is 16.2 Å². The standard InChI is InChI=1S/C26H40O3S/c1-7-8-9-10-13-25(2,3)19-15-22(27)24-20-14-18(17-30(6)28)11-12-21(20)26(4,5)29-23(24)16-19/h11,15-16,20-21,27H,7-10,12-14,17H2,1-6H3/t20-,21-,30?/m0/s1. The van der Waals surface area contributed by atoms with E-state index >= 15 is 0 Å². The zero-order valence-electron chi connectivity index (χ0n) is 19.7. The number of rotatable bonds is 8. The summed E-state index contributed by atoms with van der Waals surface area (Å²) in [6.45, 7) is 11.1. The number of hydrogen-bond donors (Lipinski definition) is 1. The molecule has 1 heterocycles. The molecule has 0 fully saturated rings. The molecule has 1 aromatic carbocycles. The van der Waals surface area contributed by atoms with Crippen LogP contribution in [0.5, 0.6) is 11.5 Å². The molecule has 1 unspecified atom stereocenters. The van der Waals surface area contributed by atoms with E-state index in [1.54, 1.807) is 6.26 Å². The van der Waals surface area contributed by atoms with Gasteiger partial charge in [0.05, 0.1) is 0 Å². The first-order valence-electron chi connectivity index (χ1n) is 11.6. The predicted octanol–water partition coefficient (Wildman–Crippen LogP) is 6.61. The molecule has 30 heavy (non-hydrogen) atoms. The molecular formula is C26H40O3S. The normalized spacial score (nSPS) is 23.7. The molecule has 1 aliphatic carbocycles. The minimum absolute atomic E-state index is 0.00133. The van der Waals surface area contributed by atoms with Gasteiger partial charge in [0.2, 0.25) is 0 Å². The van der Waals surface area contributed by atoms with Crippen LogP contribution in [0.4, 0.5) is 0 Å². The molecule has 1 N–H and O–H groups in total. The van der Waals surface area contributed by atoms with Gasteiger partial charge in [-0.2, -0.15) is 0 Å². The molecule has 0 saturated heterocycles. The highest BCUT2D eigenvalue weighted by Crippen LogP contribution is 2.55. The largest absolute Gasteiger partial charge is 0.508 e. The van der Waals surface area contributed by atoms with Crippen LogP contribution in [0.2, 0.25) is 0 Å². The Labute approximate surface area is 185 Å². The number of hydrogen-bond acceptors (Lipinski definition) is 3. The average Bonchev–Trinajstić information content (AvgIpc) is 2.63. The molecule has 0 bridgehead atoms. The van der Waals surface area contributed by atoms with Crippen molar-refractivity contribution in [3.05, 3.63) is 34.9 Å². The molecule has 0 saturated carbocycles. The highest BCUT2D eigenvalue weighted by atomic mass is 32.2. The van der Waals surface area contributed by atoms with Crippen LogP contribution in [0.15, 0.2) is 23.8 Å². The van der Waals surface area contributed by atoms with Crippen molar-refractivity contribution in [1.29, 1.82) is 0 Å². The lowest BCUT2D eigenvalue weighted by Crippen LogP contribution is -2.45. The minimum Gasteiger partial charge on any atom is -0.508 e.